The maximum Gasteiger partial charge on any atom is 0.269 e. The van der Waals surface area contributed by atoms with Crippen LogP contribution in [0.25, 0.3) is 0 Å². The molecule has 1 rings (SSSR count). The van der Waals surface area contributed by atoms with Gasteiger partial charge in [-0.25, -0.2) is 8.78 Å². The second-order valence-corrected chi connectivity index (χ2v) is 4.47. The number of non-ortho nitro benzene ring substituents is 1. The van der Waals surface area contributed by atoms with Crippen molar-refractivity contribution in [2.45, 2.75) is 19.3 Å². The zero-order chi connectivity index (χ0) is 16.0. The summed E-state index contributed by atoms with van der Waals surface area (Å²) in [4.78, 5) is 23.1. The van der Waals surface area contributed by atoms with Gasteiger partial charge >= 0.3 is 0 Å². The van der Waals surface area contributed by atoms with Gasteiger partial charge in [-0.1, -0.05) is 12.1 Å². The largest absolute Gasteiger partial charge is 0.395 e. The van der Waals surface area contributed by atoms with Crippen LogP contribution in [0.3, 0.4) is 0 Å². The summed E-state index contributed by atoms with van der Waals surface area (Å²) in [6.07, 6.45) is -2.71. The van der Waals surface area contributed by atoms with E-state index in [0.717, 1.165) is 4.90 Å². The first kappa shape index (κ1) is 17.0. The minimum Gasteiger partial charge on any atom is -0.395 e. The molecule has 1 aromatic rings. The van der Waals surface area contributed by atoms with Crippen LogP contribution in [0.2, 0.25) is 0 Å². The first-order chi connectivity index (χ1) is 9.86. The lowest BCUT2D eigenvalue weighted by molar-refractivity contribution is -0.384. The normalized spacial score (nSPS) is 12.2. The topological polar surface area (TPSA) is 83.7 Å². The number of hydrogen-bond acceptors (Lipinski definition) is 4. The smallest absolute Gasteiger partial charge is 0.269 e. The number of benzene rings is 1. The third kappa shape index (κ3) is 4.75. The molecule has 0 saturated carbocycles. The summed E-state index contributed by atoms with van der Waals surface area (Å²) in [6.45, 7) is 0.0679. The highest BCUT2D eigenvalue weighted by atomic mass is 19.3. The molecular formula is C13H16F2N2O4. The molecule has 0 aliphatic rings. The lowest BCUT2D eigenvalue weighted by atomic mass is 9.99. The van der Waals surface area contributed by atoms with Gasteiger partial charge in [0.15, 0.2) is 0 Å². The summed E-state index contributed by atoms with van der Waals surface area (Å²) >= 11 is 0. The molecule has 116 valence electrons. The summed E-state index contributed by atoms with van der Waals surface area (Å²) in [5.41, 5.74) is 0.195. The molecule has 6 nitrogen and oxygen atoms in total. The van der Waals surface area contributed by atoms with Crippen molar-refractivity contribution in [2.75, 3.05) is 19.7 Å². The number of nitrogens with zero attached hydrogens (tertiary/aromatic N) is 2. The molecule has 1 amide bonds. The average molecular weight is 302 g/mol. The van der Waals surface area contributed by atoms with Crippen molar-refractivity contribution in [3.8, 4) is 0 Å². The van der Waals surface area contributed by atoms with Gasteiger partial charge in [0, 0.05) is 18.7 Å². The van der Waals surface area contributed by atoms with Gasteiger partial charge < -0.3 is 10.0 Å². The second-order valence-electron chi connectivity index (χ2n) is 4.47. The minimum absolute atomic E-state index is 0.172. The minimum atomic E-state index is -2.71. The molecule has 8 heteroatoms. The molecule has 1 aromatic carbocycles. The number of nitro groups is 1. The number of rotatable bonds is 7. The number of nitro benzene ring substituents is 1. The van der Waals surface area contributed by atoms with Crippen molar-refractivity contribution in [1.29, 1.82) is 0 Å². The lowest BCUT2D eigenvalue weighted by Gasteiger charge is -2.24. The van der Waals surface area contributed by atoms with E-state index in [1.807, 2.05) is 0 Å². The Morgan fingerprint density at radius 3 is 2.67 bits per heavy atom. The summed E-state index contributed by atoms with van der Waals surface area (Å²) in [7, 11) is 0. The van der Waals surface area contributed by atoms with Crippen LogP contribution in [-0.2, 0) is 4.79 Å². The SMILES string of the molecule is CC(C(=O)N(CCO)CC(F)F)c1cccc([N+](=O)[O-])c1. The summed E-state index contributed by atoms with van der Waals surface area (Å²) in [6, 6.07) is 5.48. The molecule has 21 heavy (non-hydrogen) atoms. The Balaban J connectivity index is 2.93. The van der Waals surface area contributed by atoms with Gasteiger partial charge in [0.05, 0.1) is 24.0 Å². The van der Waals surface area contributed by atoms with Gasteiger partial charge in [-0.2, -0.15) is 0 Å². The predicted molar refractivity (Wildman–Crippen MR) is 71.2 cm³/mol. The molecule has 0 heterocycles. The monoisotopic (exact) mass is 302 g/mol. The fourth-order valence-corrected chi connectivity index (χ4v) is 1.90. The molecule has 0 spiro atoms. The molecular weight excluding hydrogens is 286 g/mol. The molecule has 0 fully saturated rings. The molecule has 0 radical (unpaired) electrons. The fraction of sp³-hybridized carbons (Fsp3) is 0.462. The average Bonchev–Trinajstić information content (AvgIpc) is 2.45. The number of aliphatic hydroxyl groups is 1. The van der Waals surface area contributed by atoms with Crippen molar-refractivity contribution >= 4 is 11.6 Å². The Bertz CT molecular complexity index is 511. The Morgan fingerprint density at radius 2 is 2.14 bits per heavy atom. The fourth-order valence-electron chi connectivity index (χ4n) is 1.90. The first-order valence-electron chi connectivity index (χ1n) is 6.29. The van der Waals surface area contributed by atoms with Crippen LogP contribution in [0.15, 0.2) is 24.3 Å². The standard InChI is InChI=1S/C13H16F2N2O4/c1-9(10-3-2-4-11(7-10)17(20)21)13(19)16(5-6-18)8-12(14)15/h2-4,7,9,12,18H,5-6,8H2,1H3. The molecule has 1 atom stereocenters. The quantitative estimate of drug-likeness (QED) is 0.614. The molecule has 0 aliphatic heterocycles. The van der Waals surface area contributed by atoms with Gasteiger partial charge in [0.2, 0.25) is 5.91 Å². The zero-order valence-electron chi connectivity index (χ0n) is 11.4. The number of aliphatic hydroxyl groups excluding tert-OH is 1. The maximum absolute atomic E-state index is 12.4. The Kier molecular flexibility index (Phi) is 6.16. The van der Waals surface area contributed by atoms with Crippen molar-refractivity contribution in [2.24, 2.45) is 0 Å². The number of hydrogen-bond donors (Lipinski definition) is 1. The molecule has 1 unspecified atom stereocenters. The number of carbonyl (C=O) groups is 1. The molecule has 0 aliphatic carbocycles. The highest BCUT2D eigenvalue weighted by Crippen LogP contribution is 2.22. The van der Waals surface area contributed by atoms with E-state index in [4.69, 9.17) is 5.11 Å². The van der Waals surface area contributed by atoms with E-state index in [9.17, 15) is 23.7 Å². The van der Waals surface area contributed by atoms with E-state index in [2.05, 4.69) is 0 Å². The molecule has 0 aromatic heterocycles. The third-order valence-corrected chi connectivity index (χ3v) is 2.99. The van der Waals surface area contributed by atoms with E-state index in [1.165, 1.54) is 31.2 Å². The van der Waals surface area contributed by atoms with Crippen LogP contribution in [0.1, 0.15) is 18.4 Å². The van der Waals surface area contributed by atoms with Crippen molar-refractivity contribution < 1.29 is 23.6 Å². The van der Waals surface area contributed by atoms with Crippen molar-refractivity contribution in [3.05, 3.63) is 39.9 Å². The van der Waals surface area contributed by atoms with Crippen LogP contribution >= 0.6 is 0 Å². The van der Waals surface area contributed by atoms with Crippen LogP contribution in [-0.4, -0.2) is 47.0 Å². The van der Waals surface area contributed by atoms with Gasteiger partial charge in [0.1, 0.15) is 0 Å². The first-order valence-corrected chi connectivity index (χ1v) is 6.29. The summed E-state index contributed by atoms with van der Waals surface area (Å²) < 4.78 is 24.9. The Labute approximate surface area is 120 Å². The maximum atomic E-state index is 12.4. The van der Waals surface area contributed by atoms with Gasteiger partial charge in [-0.15, -0.1) is 0 Å². The molecule has 0 saturated heterocycles. The second kappa shape index (κ2) is 7.63. The summed E-state index contributed by atoms with van der Waals surface area (Å²) in [5, 5.41) is 19.5. The van der Waals surface area contributed by atoms with Crippen LogP contribution < -0.4 is 0 Å². The Morgan fingerprint density at radius 1 is 1.48 bits per heavy atom. The third-order valence-electron chi connectivity index (χ3n) is 2.99. The van der Waals surface area contributed by atoms with Crippen LogP contribution in [0.4, 0.5) is 14.5 Å². The van der Waals surface area contributed by atoms with Gasteiger partial charge in [-0.3, -0.25) is 14.9 Å². The van der Waals surface area contributed by atoms with Crippen molar-refractivity contribution in [3.63, 3.8) is 0 Å². The summed E-state index contributed by atoms with van der Waals surface area (Å²) in [5.74, 6) is -1.42. The van der Waals surface area contributed by atoms with Gasteiger partial charge in [0.25, 0.3) is 12.1 Å². The molecule has 1 N–H and O–H groups in total. The van der Waals surface area contributed by atoms with E-state index in [0.29, 0.717) is 5.56 Å². The Hall–Kier alpha value is -2.09. The zero-order valence-corrected chi connectivity index (χ0v) is 11.4. The lowest BCUT2D eigenvalue weighted by Crippen LogP contribution is -2.39. The van der Waals surface area contributed by atoms with Crippen LogP contribution in [0.5, 0.6) is 0 Å². The number of carbonyl (C=O) groups excluding carboxylic acids is 1. The highest BCUT2D eigenvalue weighted by Gasteiger charge is 2.25. The number of amides is 1. The number of alkyl halides is 2. The highest BCUT2D eigenvalue weighted by molar-refractivity contribution is 5.83. The number of halogens is 2. The van der Waals surface area contributed by atoms with Crippen molar-refractivity contribution in [1.82, 2.24) is 4.90 Å². The van der Waals surface area contributed by atoms with E-state index >= 15 is 0 Å². The molecule has 0 bridgehead atoms. The van der Waals surface area contributed by atoms with E-state index in [-0.39, 0.29) is 12.2 Å². The predicted octanol–water partition coefficient (Wildman–Crippen LogP) is 1.78. The van der Waals surface area contributed by atoms with E-state index < -0.39 is 36.3 Å². The van der Waals surface area contributed by atoms with Crippen LogP contribution in [0, 0.1) is 10.1 Å². The van der Waals surface area contributed by atoms with E-state index in [1.54, 1.807) is 0 Å². The van der Waals surface area contributed by atoms with Gasteiger partial charge in [-0.05, 0) is 12.5 Å².